The average molecular weight is 287 g/mol. The van der Waals surface area contributed by atoms with Crippen LogP contribution in [-0.4, -0.2) is 45.4 Å². The highest BCUT2D eigenvalue weighted by Gasteiger charge is 2.17. The normalized spacial score (nSPS) is 17.9. The third-order valence-corrected chi connectivity index (χ3v) is 3.57. The fourth-order valence-electron chi connectivity index (χ4n) is 2.44. The molecule has 1 N–H and O–H groups in total. The number of benzene rings is 1. The molecule has 1 saturated heterocycles. The Balaban J connectivity index is 1.68. The van der Waals surface area contributed by atoms with Gasteiger partial charge in [-0.15, -0.1) is 5.10 Å². The van der Waals surface area contributed by atoms with Crippen LogP contribution in [0.3, 0.4) is 0 Å². The highest BCUT2D eigenvalue weighted by Crippen LogP contribution is 2.15. The van der Waals surface area contributed by atoms with Crippen LogP contribution in [0.25, 0.3) is 5.69 Å². The molecule has 2 aromatic rings. The number of hydrogen-bond donors (Lipinski definition) is 1. The van der Waals surface area contributed by atoms with Crippen molar-refractivity contribution in [1.29, 1.82) is 0 Å². The van der Waals surface area contributed by atoms with E-state index in [2.05, 4.69) is 20.8 Å². The number of amides is 1. The number of rotatable bonds is 4. The number of hydrogen-bond acceptors (Lipinski definition) is 5. The molecule has 1 aliphatic rings. The van der Waals surface area contributed by atoms with Gasteiger partial charge in [0.1, 0.15) is 6.33 Å². The first kappa shape index (κ1) is 13.7. The Morgan fingerprint density at radius 1 is 1.52 bits per heavy atom. The minimum Gasteiger partial charge on any atom is -0.376 e. The molecule has 1 atom stereocenters. The SMILES string of the molecule is Cc1cc(C(=O)NCC2CCCO2)ccc1-n1cnnn1. The summed E-state index contributed by atoms with van der Waals surface area (Å²) in [7, 11) is 0. The molecule has 1 aromatic heterocycles. The van der Waals surface area contributed by atoms with E-state index in [4.69, 9.17) is 4.74 Å². The van der Waals surface area contributed by atoms with E-state index >= 15 is 0 Å². The molecule has 0 aliphatic carbocycles. The molecule has 3 rings (SSSR count). The van der Waals surface area contributed by atoms with Crippen LogP contribution in [-0.2, 0) is 4.74 Å². The molecule has 21 heavy (non-hydrogen) atoms. The van der Waals surface area contributed by atoms with Gasteiger partial charge in [-0.1, -0.05) is 0 Å². The number of ether oxygens (including phenoxy) is 1. The van der Waals surface area contributed by atoms with Crippen molar-refractivity contribution in [3.05, 3.63) is 35.7 Å². The van der Waals surface area contributed by atoms with Crippen molar-refractivity contribution in [2.24, 2.45) is 0 Å². The summed E-state index contributed by atoms with van der Waals surface area (Å²) in [5.74, 6) is -0.0862. The van der Waals surface area contributed by atoms with Crippen LogP contribution in [0.2, 0.25) is 0 Å². The van der Waals surface area contributed by atoms with E-state index in [1.54, 1.807) is 10.7 Å². The van der Waals surface area contributed by atoms with Gasteiger partial charge < -0.3 is 10.1 Å². The summed E-state index contributed by atoms with van der Waals surface area (Å²) in [5, 5.41) is 14.0. The maximum absolute atomic E-state index is 12.1. The molecule has 0 bridgehead atoms. The number of aryl methyl sites for hydroxylation is 1. The fraction of sp³-hybridized carbons (Fsp3) is 0.429. The van der Waals surface area contributed by atoms with Crippen molar-refractivity contribution in [2.45, 2.75) is 25.9 Å². The lowest BCUT2D eigenvalue weighted by Crippen LogP contribution is -2.31. The van der Waals surface area contributed by atoms with Crippen molar-refractivity contribution in [3.8, 4) is 5.69 Å². The summed E-state index contributed by atoms with van der Waals surface area (Å²) in [6, 6.07) is 5.45. The van der Waals surface area contributed by atoms with E-state index < -0.39 is 0 Å². The molecule has 2 heterocycles. The largest absolute Gasteiger partial charge is 0.376 e. The first-order valence-corrected chi connectivity index (χ1v) is 6.98. The van der Waals surface area contributed by atoms with Gasteiger partial charge in [0, 0.05) is 18.7 Å². The number of nitrogens with one attached hydrogen (secondary N) is 1. The second-order valence-corrected chi connectivity index (χ2v) is 5.10. The van der Waals surface area contributed by atoms with Crippen LogP contribution >= 0.6 is 0 Å². The molecule has 7 nitrogen and oxygen atoms in total. The van der Waals surface area contributed by atoms with Crippen LogP contribution in [0.4, 0.5) is 0 Å². The predicted octanol–water partition coefficient (Wildman–Crippen LogP) is 0.880. The lowest BCUT2D eigenvalue weighted by Gasteiger charge is -2.12. The Bertz CT molecular complexity index is 620. The van der Waals surface area contributed by atoms with Crippen LogP contribution in [0.1, 0.15) is 28.8 Å². The van der Waals surface area contributed by atoms with E-state index in [-0.39, 0.29) is 12.0 Å². The van der Waals surface area contributed by atoms with Crippen molar-refractivity contribution in [1.82, 2.24) is 25.5 Å². The standard InChI is InChI=1S/C14H17N5O2/c1-10-7-11(4-5-13(10)19-9-16-17-18-19)14(20)15-8-12-3-2-6-21-12/h4-5,7,9,12H,2-3,6,8H2,1H3,(H,15,20). The van der Waals surface area contributed by atoms with Crippen LogP contribution in [0.5, 0.6) is 0 Å². The van der Waals surface area contributed by atoms with E-state index in [1.807, 2.05) is 19.1 Å². The first-order valence-electron chi connectivity index (χ1n) is 6.98. The summed E-state index contributed by atoms with van der Waals surface area (Å²) in [6.07, 6.45) is 3.76. The second kappa shape index (κ2) is 6.01. The molecule has 110 valence electrons. The van der Waals surface area contributed by atoms with Gasteiger partial charge in [-0.05, 0) is 54.0 Å². The van der Waals surface area contributed by atoms with Crippen molar-refractivity contribution in [2.75, 3.05) is 13.2 Å². The molecular weight excluding hydrogens is 270 g/mol. The van der Waals surface area contributed by atoms with Gasteiger partial charge in [0.05, 0.1) is 11.8 Å². The third-order valence-electron chi connectivity index (χ3n) is 3.57. The maximum Gasteiger partial charge on any atom is 0.251 e. The Labute approximate surface area is 122 Å². The lowest BCUT2D eigenvalue weighted by molar-refractivity contribution is 0.0857. The number of nitrogens with zero attached hydrogens (tertiary/aromatic N) is 4. The Morgan fingerprint density at radius 2 is 2.43 bits per heavy atom. The summed E-state index contributed by atoms with van der Waals surface area (Å²) >= 11 is 0. The molecule has 7 heteroatoms. The molecule has 0 spiro atoms. The van der Waals surface area contributed by atoms with Gasteiger partial charge in [-0.25, -0.2) is 4.68 Å². The van der Waals surface area contributed by atoms with Crippen molar-refractivity contribution < 1.29 is 9.53 Å². The van der Waals surface area contributed by atoms with Gasteiger partial charge in [0.15, 0.2) is 0 Å². The van der Waals surface area contributed by atoms with Crippen LogP contribution in [0, 0.1) is 6.92 Å². The molecule has 0 saturated carbocycles. The smallest absolute Gasteiger partial charge is 0.251 e. The Morgan fingerprint density at radius 3 is 3.10 bits per heavy atom. The van der Waals surface area contributed by atoms with Gasteiger partial charge >= 0.3 is 0 Å². The predicted molar refractivity (Wildman–Crippen MR) is 75.2 cm³/mol. The first-order chi connectivity index (χ1) is 10.2. The summed E-state index contributed by atoms with van der Waals surface area (Å²) in [4.78, 5) is 12.1. The Hall–Kier alpha value is -2.28. The van der Waals surface area contributed by atoms with Gasteiger partial charge in [0.25, 0.3) is 5.91 Å². The zero-order chi connectivity index (χ0) is 14.7. The molecule has 1 fully saturated rings. The number of carbonyl (C=O) groups excluding carboxylic acids is 1. The molecular formula is C14H17N5O2. The monoisotopic (exact) mass is 287 g/mol. The molecule has 1 unspecified atom stereocenters. The third kappa shape index (κ3) is 3.08. The van der Waals surface area contributed by atoms with Gasteiger partial charge in [-0.2, -0.15) is 0 Å². The second-order valence-electron chi connectivity index (χ2n) is 5.10. The lowest BCUT2D eigenvalue weighted by atomic mass is 10.1. The highest BCUT2D eigenvalue weighted by molar-refractivity contribution is 5.94. The molecule has 1 aliphatic heterocycles. The van der Waals surface area contributed by atoms with Crippen molar-refractivity contribution >= 4 is 5.91 Å². The van der Waals surface area contributed by atoms with Crippen LogP contribution in [0.15, 0.2) is 24.5 Å². The van der Waals surface area contributed by atoms with Crippen LogP contribution < -0.4 is 5.32 Å². The van der Waals surface area contributed by atoms with E-state index in [1.165, 1.54) is 6.33 Å². The number of carbonyl (C=O) groups is 1. The molecule has 1 amide bonds. The van der Waals surface area contributed by atoms with E-state index in [0.29, 0.717) is 12.1 Å². The van der Waals surface area contributed by atoms with Gasteiger partial charge in [-0.3, -0.25) is 4.79 Å². The summed E-state index contributed by atoms with van der Waals surface area (Å²) < 4.78 is 7.06. The highest BCUT2D eigenvalue weighted by atomic mass is 16.5. The Kier molecular flexibility index (Phi) is 3.92. The molecule has 0 radical (unpaired) electrons. The summed E-state index contributed by atoms with van der Waals surface area (Å²) in [5.41, 5.74) is 2.42. The van der Waals surface area contributed by atoms with E-state index in [0.717, 1.165) is 30.7 Å². The summed E-state index contributed by atoms with van der Waals surface area (Å²) in [6.45, 7) is 3.28. The minimum atomic E-state index is -0.0862. The average Bonchev–Trinajstić information content (AvgIpc) is 3.17. The zero-order valence-electron chi connectivity index (χ0n) is 11.8. The molecule has 1 aromatic carbocycles. The number of tetrazole rings is 1. The maximum atomic E-state index is 12.1. The van der Waals surface area contributed by atoms with Crippen molar-refractivity contribution in [3.63, 3.8) is 0 Å². The minimum absolute atomic E-state index is 0.0862. The van der Waals surface area contributed by atoms with E-state index in [9.17, 15) is 4.79 Å². The quantitative estimate of drug-likeness (QED) is 0.902. The topological polar surface area (TPSA) is 81.9 Å². The zero-order valence-corrected chi connectivity index (χ0v) is 11.8. The van der Waals surface area contributed by atoms with Gasteiger partial charge in [0.2, 0.25) is 0 Å². The number of aromatic nitrogens is 4. The fourth-order valence-corrected chi connectivity index (χ4v) is 2.44.